The van der Waals surface area contributed by atoms with E-state index in [1.54, 1.807) is 0 Å². The van der Waals surface area contributed by atoms with E-state index in [-0.39, 0.29) is 12.8 Å². The lowest BCUT2D eigenvalue weighted by Gasteiger charge is -2.01. The fourth-order valence-corrected chi connectivity index (χ4v) is 0.748. The van der Waals surface area contributed by atoms with Crippen molar-refractivity contribution >= 4 is 11.9 Å². The molecule has 0 fully saturated rings. The maximum Gasteiger partial charge on any atom is 0.327 e. The monoisotopic (exact) mass is 200 g/mol. The normalized spacial score (nSPS) is 11.6. The van der Waals surface area contributed by atoms with Crippen molar-refractivity contribution in [2.45, 2.75) is 18.9 Å². The lowest BCUT2D eigenvalue weighted by Crippen LogP contribution is -2.03. The smallest absolute Gasteiger partial charge is 0.327 e. The highest BCUT2D eigenvalue weighted by molar-refractivity contribution is 5.80. The molecule has 0 atom stereocenters. The number of rotatable bonds is 6. The Morgan fingerprint density at radius 2 is 1.36 bits per heavy atom. The minimum Gasteiger partial charge on any atom is -0.478 e. The summed E-state index contributed by atoms with van der Waals surface area (Å²) in [6, 6.07) is 0. The molecule has 0 saturated heterocycles. The first-order chi connectivity index (χ1) is 6.52. The summed E-state index contributed by atoms with van der Waals surface area (Å²) in [4.78, 5) is 20.0. The lowest BCUT2D eigenvalue weighted by atomic mass is 10.1. The zero-order chi connectivity index (χ0) is 11.0. The molecule has 0 saturated carbocycles. The first-order valence-electron chi connectivity index (χ1n) is 3.99. The van der Waals surface area contributed by atoms with Crippen LogP contribution in [-0.2, 0) is 9.59 Å². The zero-order valence-corrected chi connectivity index (χ0v) is 7.46. The average Bonchev–Trinajstić information content (AvgIpc) is 2.02. The van der Waals surface area contributed by atoms with Crippen LogP contribution >= 0.6 is 0 Å². The third-order valence-corrected chi connectivity index (χ3v) is 1.34. The Bertz CT molecular complexity index is 228. The zero-order valence-electron chi connectivity index (χ0n) is 7.46. The standard InChI is InChI=1S/C9H12O5/c10-7(3-1-5-8(11)12)4-2-6-9(13)14/h1-2,5-7,10H,3-4H2,(H,11,12)(H,13,14)/b5-1+,6-2+. The predicted octanol–water partition coefficient (Wildman–Crippen LogP) is 0.409. The Morgan fingerprint density at radius 3 is 1.64 bits per heavy atom. The first kappa shape index (κ1) is 12.4. The van der Waals surface area contributed by atoms with Crippen molar-refractivity contribution in [3.05, 3.63) is 24.3 Å². The van der Waals surface area contributed by atoms with Crippen LogP contribution in [0.5, 0.6) is 0 Å². The number of carboxylic acid groups (broad SMARTS) is 2. The van der Waals surface area contributed by atoms with Gasteiger partial charge in [0.15, 0.2) is 0 Å². The van der Waals surface area contributed by atoms with Gasteiger partial charge in [0.25, 0.3) is 0 Å². The van der Waals surface area contributed by atoms with Crippen molar-refractivity contribution < 1.29 is 24.9 Å². The van der Waals surface area contributed by atoms with E-state index < -0.39 is 18.0 Å². The van der Waals surface area contributed by atoms with Crippen LogP contribution in [0.3, 0.4) is 0 Å². The van der Waals surface area contributed by atoms with Gasteiger partial charge in [-0.15, -0.1) is 0 Å². The third kappa shape index (κ3) is 8.48. The SMILES string of the molecule is O=C(O)/C=C/CC(O)C/C=C/C(=O)O. The molecule has 5 heteroatoms. The fourth-order valence-electron chi connectivity index (χ4n) is 0.748. The molecule has 3 N–H and O–H groups in total. The number of hydrogen-bond acceptors (Lipinski definition) is 3. The van der Waals surface area contributed by atoms with E-state index in [1.165, 1.54) is 12.2 Å². The summed E-state index contributed by atoms with van der Waals surface area (Å²) in [7, 11) is 0. The highest BCUT2D eigenvalue weighted by Gasteiger charge is 1.99. The number of aliphatic hydroxyl groups excluding tert-OH is 1. The average molecular weight is 200 g/mol. The number of aliphatic hydroxyl groups is 1. The molecule has 0 aliphatic heterocycles. The molecule has 0 heterocycles. The Kier molecular flexibility index (Phi) is 6.06. The molecule has 0 aromatic carbocycles. The van der Waals surface area contributed by atoms with Gasteiger partial charge < -0.3 is 15.3 Å². The molecule has 0 unspecified atom stereocenters. The van der Waals surface area contributed by atoms with E-state index in [4.69, 9.17) is 10.2 Å². The Hall–Kier alpha value is -1.62. The first-order valence-corrected chi connectivity index (χ1v) is 3.99. The van der Waals surface area contributed by atoms with E-state index in [0.717, 1.165) is 12.2 Å². The molecule has 0 bridgehead atoms. The summed E-state index contributed by atoms with van der Waals surface area (Å²) in [5.41, 5.74) is 0. The summed E-state index contributed by atoms with van der Waals surface area (Å²) < 4.78 is 0. The van der Waals surface area contributed by atoms with Crippen LogP contribution in [0, 0.1) is 0 Å². The van der Waals surface area contributed by atoms with E-state index in [9.17, 15) is 14.7 Å². The molecular weight excluding hydrogens is 188 g/mol. The van der Waals surface area contributed by atoms with Crippen LogP contribution in [0.1, 0.15) is 12.8 Å². The molecule has 0 amide bonds. The maximum absolute atomic E-state index is 10.0. The molecule has 0 aromatic rings. The van der Waals surface area contributed by atoms with Gasteiger partial charge in [-0.2, -0.15) is 0 Å². The Morgan fingerprint density at radius 1 is 1.00 bits per heavy atom. The van der Waals surface area contributed by atoms with E-state index in [2.05, 4.69) is 0 Å². The quantitative estimate of drug-likeness (QED) is 0.540. The Balaban J connectivity index is 3.70. The molecular formula is C9H12O5. The van der Waals surface area contributed by atoms with Crippen molar-refractivity contribution in [1.82, 2.24) is 0 Å². The van der Waals surface area contributed by atoms with Crippen LogP contribution in [0.25, 0.3) is 0 Å². The topological polar surface area (TPSA) is 94.8 Å². The predicted molar refractivity (Wildman–Crippen MR) is 48.8 cm³/mol. The number of hydrogen-bond donors (Lipinski definition) is 3. The van der Waals surface area contributed by atoms with Crippen LogP contribution < -0.4 is 0 Å². The minimum absolute atomic E-state index is 0.191. The molecule has 0 aliphatic rings. The van der Waals surface area contributed by atoms with Gasteiger partial charge in [0.2, 0.25) is 0 Å². The minimum atomic E-state index is -1.07. The molecule has 0 rings (SSSR count). The van der Waals surface area contributed by atoms with Crippen LogP contribution in [0.15, 0.2) is 24.3 Å². The van der Waals surface area contributed by atoms with Gasteiger partial charge in [-0.25, -0.2) is 9.59 Å². The van der Waals surface area contributed by atoms with Crippen molar-refractivity contribution in [2.75, 3.05) is 0 Å². The van der Waals surface area contributed by atoms with E-state index >= 15 is 0 Å². The maximum atomic E-state index is 10.0. The molecule has 0 radical (unpaired) electrons. The highest BCUT2D eigenvalue weighted by Crippen LogP contribution is 1.99. The van der Waals surface area contributed by atoms with Gasteiger partial charge >= 0.3 is 11.9 Å². The van der Waals surface area contributed by atoms with Gasteiger partial charge in [-0.1, -0.05) is 12.2 Å². The van der Waals surface area contributed by atoms with Crippen molar-refractivity contribution in [2.24, 2.45) is 0 Å². The van der Waals surface area contributed by atoms with Gasteiger partial charge in [0, 0.05) is 12.2 Å². The molecule has 0 aliphatic carbocycles. The molecule has 78 valence electrons. The summed E-state index contributed by atoms with van der Waals surface area (Å²) in [5, 5.41) is 25.6. The van der Waals surface area contributed by atoms with Gasteiger partial charge in [-0.3, -0.25) is 0 Å². The van der Waals surface area contributed by atoms with E-state index in [0.29, 0.717) is 0 Å². The van der Waals surface area contributed by atoms with Crippen LogP contribution in [-0.4, -0.2) is 33.4 Å². The fraction of sp³-hybridized carbons (Fsp3) is 0.333. The lowest BCUT2D eigenvalue weighted by molar-refractivity contribution is -0.132. The highest BCUT2D eigenvalue weighted by atomic mass is 16.4. The third-order valence-electron chi connectivity index (χ3n) is 1.34. The number of aliphatic carboxylic acids is 2. The van der Waals surface area contributed by atoms with Gasteiger partial charge in [-0.05, 0) is 12.8 Å². The second-order valence-corrected chi connectivity index (χ2v) is 2.61. The Labute approximate surface area is 81.0 Å². The second kappa shape index (κ2) is 6.85. The number of carboxylic acids is 2. The van der Waals surface area contributed by atoms with Crippen molar-refractivity contribution in [3.8, 4) is 0 Å². The largest absolute Gasteiger partial charge is 0.478 e. The van der Waals surface area contributed by atoms with Gasteiger partial charge in [0.05, 0.1) is 6.10 Å². The molecule has 0 aromatic heterocycles. The van der Waals surface area contributed by atoms with E-state index in [1.807, 2.05) is 0 Å². The van der Waals surface area contributed by atoms with Gasteiger partial charge in [0.1, 0.15) is 0 Å². The van der Waals surface area contributed by atoms with Crippen molar-refractivity contribution in [3.63, 3.8) is 0 Å². The van der Waals surface area contributed by atoms with Crippen LogP contribution in [0.4, 0.5) is 0 Å². The summed E-state index contributed by atoms with van der Waals surface area (Å²) in [6.07, 6.45) is 4.14. The summed E-state index contributed by atoms with van der Waals surface area (Å²) in [6.45, 7) is 0. The van der Waals surface area contributed by atoms with Crippen LogP contribution in [0.2, 0.25) is 0 Å². The summed E-state index contributed by atoms with van der Waals surface area (Å²) in [5.74, 6) is -2.14. The van der Waals surface area contributed by atoms with Crippen molar-refractivity contribution in [1.29, 1.82) is 0 Å². The molecule has 5 nitrogen and oxygen atoms in total. The number of carbonyl (C=O) groups is 2. The molecule has 14 heavy (non-hydrogen) atoms. The molecule has 0 spiro atoms. The second-order valence-electron chi connectivity index (χ2n) is 2.61. The summed E-state index contributed by atoms with van der Waals surface area (Å²) >= 11 is 0.